The summed E-state index contributed by atoms with van der Waals surface area (Å²) < 4.78 is 59.7. The normalized spacial score (nSPS) is 23.1. The van der Waals surface area contributed by atoms with Crippen molar-refractivity contribution in [1.82, 2.24) is 29.9 Å². The summed E-state index contributed by atoms with van der Waals surface area (Å²) in [5, 5.41) is 3.26. The van der Waals surface area contributed by atoms with Crippen LogP contribution in [0.1, 0.15) is 69.2 Å². The van der Waals surface area contributed by atoms with E-state index in [4.69, 9.17) is 0 Å². The smallest absolute Gasteiger partial charge is 0.255 e. The lowest BCUT2D eigenvalue weighted by Crippen LogP contribution is -2.58. The van der Waals surface area contributed by atoms with Crippen molar-refractivity contribution in [1.29, 1.82) is 0 Å². The van der Waals surface area contributed by atoms with E-state index in [-0.39, 0.29) is 48.2 Å². The predicted octanol–water partition coefficient (Wildman–Crippen LogP) is 4.47. The topological polar surface area (TPSA) is 112 Å². The second-order valence-electron chi connectivity index (χ2n) is 16.7. The number of carbonyl (C=O) groups is 4. The Labute approximate surface area is 325 Å². The lowest BCUT2D eigenvalue weighted by molar-refractivity contribution is -0.137. The Kier molecular flexibility index (Phi) is 8.49. The maximum Gasteiger partial charge on any atom is 0.255 e. The third-order valence-corrected chi connectivity index (χ3v) is 13.0. The van der Waals surface area contributed by atoms with Gasteiger partial charge in [0.25, 0.3) is 12.3 Å². The number of hydrogen-bond donors (Lipinski definition) is 2. The summed E-state index contributed by atoms with van der Waals surface area (Å²) in [6, 6.07) is 12.3. The fourth-order valence-electron chi connectivity index (χ4n) is 10.3. The van der Waals surface area contributed by atoms with Crippen LogP contribution in [0.2, 0.25) is 0 Å². The van der Waals surface area contributed by atoms with E-state index in [1.165, 1.54) is 17.0 Å². The molecule has 4 amide bonds. The molecule has 1 aromatic heterocycles. The van der Waals surface area contributed by atoms with Gasteiger partial charge in [-0.3, -0.25) is 34.3 Å². The third kappa shape index (κ3) is 6.08. The Hall–Kier alpha value is -5.28. The van der Waals surface area contributed by atoms with Crippen LogP contribution in [0.5, 0.6) is 0 Å². The lowest BCUT2D eigenvalue weighted by Gasteiger charge is -2.49. The standard InChI is InChI=1S/C42H41F4N7O4/c43-30-13-26(14-31(44)37(30)39-38-28(7-9-50(39)18-34(45)46)27-3-1-2-4-32(27)47-38)52-21-42(22-52)8-10-51(20-42)36(55)19-49-15-23-11-25-17-53(33-5-6-35(54)48-40(33)56)41(57)29(25)12-24(23)16-49/h1-4,11-14,33-34,39,47H,5-10,15-22H2,(H,48,54,56)/t33?,39-/m1/s1. The minimum absolute atomic E-state index is 0.00408. The average molecular weight is 784 g/mol. The largest absolute Gasteiger partial charge is 0.370 e. The highest BCUT2D eigenvalue weighted by Crippen LogP contribution is 2.45. The van der Waals surface area contributed by atoms with Crippen LogP contribution in [0.15, 0.2) is 48.5 Å². The Bertz CT molecular complexity index is 2350. The SMILES string of the molecule is O=C1CCC(N2Cc3cc4c(cc3C2=O)CN(CC(=O)N2CCC3(C2)CN(c2cc(F)c([C@@H]5c6[nH]c7ccccc7c6CCN5CC(F)F)c(F)c2)C3)C4)C(=O)N1. The minimum atomic E-state index is -2.67. The molecule has 3 fully saturated rings. The molecule has 2 atom stereocenters. The first-order valence-electron chi connectivity index (χ1n) is 19.6. The minimum Gasteiger partial charge on any atom is -0.370 e. The quantitative estimate of drug-likeness (QED) is 0.210. The number of halogens is 4. The average Bonchev–Trinajstić information content (AvgIpc) is 3.93. The number of aromatic nitrogens is 1. The van der Waals surface area contributed by atoms with Gasteiger partial charge in [0, 0.05) is 97.6 Å². The van der Waals surface area contributed by atoms with E-state index in [9.17, 15) is 28.0 Å². The van der Waals surface area contributed by atoms with Gasteiger partial charge in [-0.05, 0) is 65.8 Å². The summed E-state index contributed by atoms with van der Waals surface area (Å²) in [5.74, 6) is -2.55. The van der Waals surface area contributed by atoms with Gasteiger partial charge in [0.15, 0.2) is 0 Å². The number of alkyl halides is 2. The van der Waals surface area contributed by atoms with Crippen LogP contribution < -0.4 is 10.2 Å². The van der Waals surface area contributed by atoms with Crippen molar-refractivity contribution >= 4 is 40.2 Å². The molecular weight excluding hydrogens is 742 g/mol. The number of nitrogens with one attached hydrogen (secondary N) is 2. The van der Waals surface area contributed by atoms with Crippen molar-refractivity contribution in [2.24, 2.45) is 5.41 Å². The van der Waals surface area contributed by atoms with Crippen LogP contribution in [0.25, 0.3) is 10.9 Å². The van der Waals surface area contributed by atoms with Crippen molar-refractivity contribution in [3.05, 3.63) is 99.2 Å². The fraction of sp³-hybridized carbons (Fsp3) is 0.429. The monoisotopic (exact) mass is 783 g/mol. The summed E-state index contributed by atoms with van der Waals surface area (Å²) in [6.45, 7) is 3.43. The second kappa shape index (κ2) is 13.4. The number of nitrogens with zero attached hydrogens (tertiary/aromatic N) is 5. The number of likely N-dealkylation sites (tertiary alicyclic amines) is 1. The fourth-order valence-corrected chi connectivity index (χ4v) is 10.3. The number of imide groups is 1. The summed E-state index contributed by atoms with van der Waals surface area (Å²) in [6.07, 6.45) is -0.905. The van der Waals surface area contributed by atoms with Crippen molar-refractivity contribution in [3.63, 3.8) is 0 Å². The number of amides is 4. The van der Waals surface area contributed by atoms with Gasteiger partial charge in [0.1, 0.15) is 17.7 Å². The van der Waals surface area contributed by atoms with Crippen LogP contribution in [-0.2, 0) is 40.4 Å². The molecule has 0 radical (unpaired) electrons. The van der Waals surface area contributed by atoms with E-state index < -0.39 is 42.6 Å². The van der Waals surface area contributed by atoms with Crippen molar-refractivity contribution in [2.45, 2.75) is 63.8 Å². The first kappa shape index (κ1) is 36.1. The number of aromatic amines is 1. The molecule has 6 aliphatic heterocycles. The van der Waals surface area contributed by atoms with Crippen LogP contribution in [0, 0.1) is 17.0 Å². The van der Waals surface area contributed by atoms with E-state index in [1.54, 1.807) is 4.90 Å². The number of anilines is 1. The molecule has 15 heteroatoms. The number of H-pyrrole nitrogens is 1. The third-order valence-electron chi connectivity index (χ3n) is 13.0. The Balaban J connectivity index is 0.777. The van der Waals surface area contributed by atoms with E-state index >= 15 is 8.78 Å². The molecule has 2 N–H and O–H groups in total. The van der Waals surface area contributed by atoms with Gasteiger partial charge in [-0.1, -0.05) is 24.3 Å². The van der Waals surface area contributed by atoms with E-state index in [1.807, 2.05) is 46.2 Å². The summed E-state index contributed by atoms with van der Waals surface area (Å²) in [7, 11) is 0. The van der Waals surface area contributed by atoms with E-state index in [0.29, 0.717) is 75.6 Å². The number of carbonyl (C=O) groups excluding carboxylic acids is 4. The van der Waals surface area contributed by atoms with Gasteiger partial charge < -0.3 is 19.7 Å². The van der Waals surface area contributed by atoms with Crippen LogP contribution in [-0.4, -0.2) is 106 Å². The first-order valence-corrected chi connectivity index (χ1v) is 19.6. The summed E-state index contributed by atoms with van der Waals surface area (Å²) >= 11 is 0. The number of fused-ring (bicyclic) bond motifs is 5. The van der Waals surface area contributed by atoms with E-state index in [2.05, 4.69) is 15.2 Å². The van der Waals surface area contributed by atoms with E-state index in [0.717, 1.165) is 39.6 Å². The molecule has 3 saturated heterocycles. The number of benzene rings is 3. The summed E-state index contributed by atoms with van der Waals surface area (Å²) in [4.78, 5) is 63.1. The molecule has 0 saturated carbocycles. The predicted molar refractivity (Wildman–Crippen MR) is 200 cm³/mol. The number of para-hydroxylation sites is 1. The molecule has 1 unspecified atom stereocenters. The Morgan fingerprint density at radius 3 is 2.40 bits per heavy atom. The van der Waals surface area contributed by atoms with Gasteiger partial charge in [-0.25, -0.2) is 17.6 Å². The highest BCUT2D eigenvalue weighted by Gasteiger charge is 2.49. The molecule has 57 heavy (non-hydrogen) atoms. The van der Waals surface area contributed by atoms with Gasteiger partial charge in [-0.2, -0.15) is 0 Å². The van der Waals surface area contributed by atoms with Gasteiger partial charge >= 0.3 is 0 Å². The molecule has 10 rings (SSSR count). The van der Waals surface area contributed by atoms with Crippen LogP contribution in [0.4, 0.5) is 23.2 Å². The Morgan fingerprint density at radius 1 is 0.895 bits per heavy atom. The maximum atomic E-state index is 16.1. The van der Waals surface area contributed by atoms with Gasteiger partial charge in [0.05, 0.1) is 19.1 Å². The molecule has 0 aliphatic carbocycles. The molecular formula is C42H41F4N7O4. The first-order chi connectivity index (χ1) is 27.4. The summed E-state index contributed by atoms with van der Waals surface area (Å²) in [5.41, 5.74) is 5.61. The molecule has 11 nitrogen and oxygen atoms in total. The molecule has 6 aliphatic rings. The zero-order valence-corrected chi connectivity index (χ0v) is 31.1. The lowest BCUT2D eigenvalue weighted by atomic mass is 9.78. The van der Waals surface area contributed by atoms with Crippen LogP contribution in [0.3, 0.4) is 0 Å². The van der Waals surface area contributed by atoms with Gasteiger partial charge in [0.2, 0.25) is 17.7 Å². The molecule has 3 aromatic carbocycles. The molecule has 7 heterocycles. The highest BCUT2D eigenvalue weighted by atomic mass is 19.3. The van der Waals surface area contributed by atoms with Crippen molar-refractivity contribution in [3.8, 4) is 0 Å². The van der Waals surface area contributed by atoms with Crippen molar-refractivity contribution < 1.29 is 36.7 Å². The zero-order chi connectivity index (χ0) is 39.3. The number of hydrogen-bond acceptors (Lipinski definition) is 7. The van der Waals surface area contributed by atoms with Gasteiger partial charge in [-0.15, -0.1) is 0 Å². The number of piperidine rings is 1. The molecule has 0 bridgehead atoms. The molecule has 1 spiro atoms. The molecule has 4 aromatic rings. The number of rotatable bonds is 7. The zero-order valence-electron chi connectivity index (χ0n) is 31.1. The van der Waals surface area contributed by atoms with Crippen molar-refractivity contribution in [2.75, 3.05) is 50.7 Å². The highest BCUT2D eigenvalue weighted by molar-refractivity contribution is 6.05. The molecule has 296 valence electrons. The second-order valence-corrected chi connectivity index (χ2v) is 16.7. The van der Waals surface area contributed by atoms with Crippen LogP contribution >= 0.6 is 0 Å². The Morgan fingerprint density at radius 2 is 1.65 bits per heavy atom. The maximum absolute atomic E-state index is 16.1.